The van der Waals surface area contributed by atoms with Crippen LogP contribution in [0.2, 0.25) is 0 Å². The zero-order valence-corrected chi connectivity index (χ0v) is 18.2. The van der Waals surface area contributed by atoms with Crippen LogP contribution in [-0.2, 0) is 4.74 Å². The molecule has 152 valence electrons. The van der Waals surface area contributed by atoms with Gasteiger partial charge in [-0.05, 0) is 38.6 Å². The van der Waals surface area contributed by atoms with Gasteiger partial charge in [0, 0.05) is 13.2 Å². The molecule has 0 rings (SSSR count). The van der Waals surface area contributed by atoms with E-state index in [-0.39, 0.29) is 6.10 Å². The van der Waals surface area contributed by atoms with E-state index in [4.69, 9.17) is 10.5 Å². The fraction of sp³-hybridized carbons (Fsp3) is 0.818. The molecule has 0 aromatic carbocycles. The van der Waals surface area contributed by atoms with E-state index in [2.05, 4.69) is 53.0 Å². The first-order chi connectivity index (χ1) is 12.1. The lowest BCUT2D eigenvalue weighted by Gasteiger charge is -2.19. The Hall–Kier alpha value is -0.640. The third-order valence-corrected chi connectivity index (χ3v) is 4.08. The van der Waals surface area contributed by atoms with Crippen molar-refractivity contribution in [1.82, 2.24) is 0 Å². The summed E-state index contributed by atoms with van der Waals surface area (Å²) in [5.41, 5.74) is 11.5. The Kier molecular flexibility index (Phi) is 29.8. The van der Waals surface area contributed by atoms with Crippen molar-refractivity contribution in [2.45, 2.75) is 92.1 Å². The van der Waals surface area contributed by atoms with Crippen molar-refractivity contribution < 1.29 is 4.74 Å². The summed E-state index contributed by atoms with van der Waals surface area (Å²) in [6.07, 6.45) is 14.0. The summed E-state index contributed by atoms with van der Waals surface area (Å²) in [4.78, 5) is 0. The molecule has 0 amide bonds. The molecule has 25 heavy (non-hydrogen) atoms. The van der Waals surface area contributed by atoms with Crippen LogP contribution in [0.1, 0.15) is 86.0 Å². The van der Waals surface area contributed by atoms with Crippen LogP contribution < -0.4 is 11.5 Å². The molecule has 0 heterocycles. The predicted octanol–water partition coefficient (Wildman–Crippen LogP) is 5.84. The molecule has 0 aliphatic rings. The first kappa shape index (κ1) is 29.1. The molecular weight excluding hydrogens is 308 g/mol. The second-order valence-corrected chi connectivity index (χ2v) is 6.17. The minimum absolute atomic E-state index is 0.283. The van der Waals surface area contributed by atoms with Crippen molar-refractivity contribution in [3.05, 3.63) is 24.3 Å². The molecule has 4 N–H and O–H groups in total. The second-order valence-electron chi connectivity index (χ2n) is 6.17. The molecule has 0 aromatic heterocycles. The highest BCUT2D eigenvalue weighted by molar-refractivity contribution is 5.14. The summed E-state index contributed by atoms with van der Waals surface area (Å²) >= 11 is 0. The molecule has 0 bridgehead atoms. The first-order valence-electron chi connectivity index (χ1n) is 10.3. The molecule has 3 nitrogen and oxygen atoms in total. The Morgan fingerprint density at radius 1 is 1.00 bits per heavy atom. The van der Waals surface area contributed by atoms with E-state index < -0.39 is 0 Å². The van der Waals surface area contributed by atoms with Crippen LogP contribution in [0.25, 0.3) is 0 Å². The van der Waals surface area contributed by atoms with E-state index >= 15 is 0 Å². The van der Waals surface area contributed by atoms with Gasteiger partial charge < -0.3 is 16.2 Å². The van der Waals surface area contributed by atoms with Crippen molar-refractivity contribution in [1.29, 1.82) is 0 Å². The summed E-state index contributed by atoms with van der Waals surface area (Å²) in [7, 11) is 1.50. The van der Waals surface area contributed by atoms with Gasteiger partial charge in [-0.3, -0.25) is 0 Å². The van der Waals surface area contributed by atoms with E-state index in [1.807, 2.05) is 6.08 Å². The average molecular weight is 357 g/mol. The Labute approximate surface area is 159 Å². The molecule has 0 aliphatic heterocycles. The zero-order chi connectivity index (χ0) is 19.9. The van der Waals surface area contributed by atoms with Crippen LogP contribution >= 0.6 is 0 Å². The molecule has 0 aliphatic carbocycles. The molecule has 3 heteroatoms. The highest BCUT2D eigenvalue weighted by Gasteiger charge is 2.10. The maximum Gasteiger partial charge on any atom is 0.0697 e. The first-order valence-corrected chi connectivity index (χ1v) is 10.3. The molecular formula is C22H48N2O. The Balaban J connectivity index is -0.000000380. The van der Waals surface area contributed by atoms with Crippen molar-refractivity contribution in [2.24, 2.45) is 17.4 Å². The number of rotatable bonds is 13. The topological polar surface area (TPSA) is 61.3 Å². The van der Waals surface area contributed by atoms with E-state index in [9.17, 15) is 0 Å². The zero-order valence-electron chi connectivity index (χ0n) is 18.2. The van der Waals surface area contributed by atoms with Crippen molar-refractivity contribution in [3.8, 4) is 0 Å². The van der Waals surface area contributed by atoms with Gasteiger partial charge in [-0.2, -0.15) is 0 Å². The quantitative estimate of drug-likeness (QED) is 0.407. The maximum absolute atomic E-state index is 5.81. The standard InChI is InChI=1S/C12H27NO.C9H16.CH5N/c1-4-7-11(6-3)10-14-12(9-13)8-5-2;1-4-7-8-9(5-2)6-3;1-2/h11-12H,4-10,13H2,1-3H3;5,8H,2,4,6-7H2,1,3H3;2H2,1H3/b;9-8+;/t11-,12?;;/m0../s1. The molecule has 0 saturated carbocycles. The van der Waals surface area contributed by atoms with Crippen LogP contribution in [0, 0.1) is 5.92 Å². The van der Waals surface area contributed by atoms with E-state index in [0.29, 0.717) is 6.54 Å². The van der Waals surface area contributed by atoms with Gasteiger partial charge in [-0.15, -0.1) is 0 Å². The number of ether oxygens (including phenoxy) is 1. The fourth-order valence-electron chi connectivity index (χ4n) is 2.38. The largest absolute Gasteiger partial charge is 0.377 e. The van der Waals surface area contributed by atoms with Crippen LogP contribution in [0.15, 0.2) is 24.3 Å². The molecule has 0 aromatic rings. The van der Waals surface area contributed by atoms with Crippen LogP contribution in [0.5, 0.6) is 0 Å². The minimum atomic E-state index is 0.283. The lowest BCUT2D eigenvalue weighted by molar-refractivity contribution is 0.0261. The lowest BCUT2D eigenvalue weighted by atomic mass is 10.0. The van der Waals surface area contributed by atoms with Gasteiger partial charge in [0.2, 0.25) is 0 Å². The van der Waals surface area contributed by atoms with E-state index in [1.54, 1.807) is 0 Å². The van der Waals surface area contributed by atoms with Gasteiger partial charge in [-0.1, -0.05) is 84.6 Å². The van der Waals surface area contributed by atoms with Crippen LogP contribution in [0.4, 0.5) is 0 Å². The van der Waals surface area contributed by atoms with Crippen LogP contribution in [-0.4, -0.2) is 26.3 Å². The second kappa shape index (κ2) is 25.6. The average Bonchev–Trinajstić information content (AvgIpc) is 2.67. The SMILES string of the molecule is C=C/C(=C\CCC)CC.CCCC(CN)OC[C@@H](CC)CCC.CN. The van der Waals surface area contributed by atoms with Crippen molar-refractivity contribution in [3.63, 3.8) is 0 Å². The number of hydrogen-bond acceptors (Lipinski definition) is 3. The molecule has 0 saturated heterocycles. The van der Waals surface area contributed by atoms with Gasteiger partial charge in [0.05, 0.1) is 6.10 Å². The fourth-order valence-corrected chi connectivity index (χ4v) is 2.38. The van der Waals surface area contributed by atoms with Gasteiger partial charge in [0.1, 0.15) is 0 Å². The monoisotopic (exact) mass is 356 g/mol. The number of hydrogen-bond donors (Lipinski definition) is 2. The van der Waals surface area contributed by atoms with Gasteiger partial charge in [-0.25, -0.2) is 0 Å². The lowest BCUT2D eigenvalue weighted by Crippen LogP contribution is -2.26. The third kappa shape index (κ3) is 21.3. The molecule has 1 unspecified atom stereocenters. The highest BCUT2D eigenvalue weighted by Crippen LogP contribution is 2.13. The number of nitrogens with two attached hydrogens (primary N) is 2. The summed E-state index contributed by atoms with van der Waals surface area (Å²) in [5.74, 6) is 0.728. The van der Waals surface area contributed by atoms with E-state index in [0.717, 1.165) is 31.8 Å². The van der Waals surface area contributed by atoms with E-state index in [1.165, 1.54) is 44.7 Å². The molecule has 0 spiro atoms. The Morgan fingerprint density at radius 2 is 1.60 bits per heavy atom. The number of allylic oxidation sites excluding steroid dienone is 3. The Morgan fingerprint density at radius 3 is 1.96 bits per heavy atom. The summed E-state index contributed by atoms with van der Waals surface area (Å²) in [5, 5.41) is 0. The normalized spacial score (nSPS) is 13.0. The Bertz CT molecular complexity index is 263. The summed E-state index contributed by atoms with van der Waals surface area (Å²) < 4.78 is 5.81. The molecule has 0 fully saturated rings. The summed E-state index contributed by atoms with van der Waals surface area (Å²) in [6, 6.07) is 0. The van der Waals surface area contributed by atoms with Crippen molar-refractivity contribution >= 4 is 0 Å². The van der Waals surface area contributed by atoms with Gasteiger partial charge in [0.15, 0.2) is 0 Å². The minimum Gasteiger partial charge on any atom is -0.377 e. The number of unbranched alkanes of at least 4 members (excludes halogenated alkanes) is 1. The third-order valence-electron chi connectivity index (χ3n) is 4.08. The smallest absolute Gasteiger partial charge is 0.0697 e. The predicted molar refractivity (Wildman–Crippen MR) is 116 cm³/mol. The summed E-state index contributed by atoms with van der Waals surface area (Å²) in [6.45, 7) is 16.3. The van der Waals surface area contributed by atoms with Crippen molar-refractivity contribution in [2.75, 3.05) is 20.2 Å². The van der Waals surface area contributed by atoms with Crippen LogP contribution in [0.3, 0.4) is 0 Å². The molecule has 2 atom stereocenters. The maximum atomic E-state index is 5.81. The van der Waals surface area contributed by atoms with Gasteiger partial charge >= 0.3 is 0 Å². The highest BCUT2D eigenvalue weighted by atomic mass is 16.5. The van der Waals surface area contributed by atoms with Gasteiger partial charge in [0.25, 0.3) is 0 Å². The molecule has 0 radical (unpaired) electrons.